The van der Waals surface area contributed by atoms with Gasteiger partial charge in [-0.2, -0.15) is 0 Å². The molecule has 3 rings (SSSR count). The normalized spacial score (nSPS) is 23.0. The summed E-state index contributed by atoms with van der Waals surface area (Å²) >= 11 is 0. The molecule has 1 aromatic rings. The largest absolute Gasteiger partial charge is 0.367 e. The first-order valence-corrected chi connectivity index (χ1v) is 9.84. The number of ether oxygens (including phenoxy) is 1. The van der Waals surface area contributed by atoms with Crippen molar-refractivity contribution in [2.24, 2.45) is 11.7 Å². The van der Waals surface area contributed by atoms with Gasteiger partial charge in [0.1, 0.15) is 17.7 Å². The summed E-state index contributed by atoms with van der Waals surface area (Å²) in [4.78, 5) is 25.2. The summed E-state index contributed by atoms with van der Waals surface area (Å²) in [5.41, 5.74) is 5.76. The number of halogens is 2. The summed E-state index contributed by atoms with van der Waals surface area (Å²) < 4.78 is 32.2. The van der Waals surface area contributed by atoms with Crippen LogP contribution in [-0.4, -0.2) is 48.7 Å². The van der Waals surface area contributed by atoms with Crippen LogP contribution < -0.4 is 11.1 Å². The average Bonchev–Trinajstić information content (AvgIpc) is 3.15. The van der Waals surface area contributed by atoms with Gasteiger partial charge < -0.3 is 20.7 Å². The van der Waals surface area contributed by atoms with Gasteiger partial charge in [0.15, 0.2) is 0 Å². The fourth-order valence-electron chi connectivity index (χ4n) is 3.89. The molecule has 2 unspecified atom stereocenters. The van der Waals surface area contributed by atoms with E-state index in [9.17, 15) is 18.4 Å². The number of primary amides is 1. The quantitative estimate of drug-likeness (QED) is 0.775. The smallest absolute Gasteiger partial charge is 0.317 e. The zero-order chi connectivity index (χ0) is 20.1. The Labute approximate surface area is 163 Å². The predicted molar refractivity (Wildman–Crippen MR) is 99.5 cm³/mol. The lowest BCUT2D eigenvalue weighted by Crippen LogP contribution is -2.46. The van der Waals surface area contributed by atoms with Crippen LogP contribution in [0.2, 0.25) is 0 Å². The molecule has 28 heavy (non-hydrogen) atoms. The summed E-state index contributed by atoms with van der Waals surface area (Å²) in [6.07, 6.45) is 3.69. The number of aryl methyl sites for hydroxylation is 1. The van der Waals surface area contributed by atoms with Crippen LogP contribution in [0.25, 0.3) is 0 Å². The summed E-state index contributed by atoms with van der Waals surface area (Å²) in [6, 6.07) is 3.57. The number of rotatable bonds is 6. The van der Waals surface area contributed by atoms with Crippen LogP contribution in [0.15, 0.2) is 18.2 Å². The van der Waals surface area contributed by atoms with Crippen LogP contribution >= 0.6 is 0 Å². The summed E-state index contributed by atoms with van der Waals surface area (Å²) in [7, 11) is 0. The highest BCUT2D eigenvalue weighted by Crippen LogP contribution is 2.24. The monoisotopic (exact) mass is 395 g/mol. The third kappa shape index (κ3) is 5.41. The molecule has 0 bridgehead atoms. The fourth-order valence-corrected chi connectivity index (χ4v) is 3.89. The first-order chi connectivity index (χ1) is 13.4. The first-order valence-electron chi connectivity index (χ1n) is 9.84. The van der Waals surface area contributed by atoms with Crippen LogP contribution in [0.3, 0.4) is 0 Å². The molecule has 154 valence electrons. The van der Waals surface area contributed by atoms with Gasteiger partial charge in [0.2, 0.25) is 5.91 Å². The minimum absolute atomic E-state index is 0.130. The number of nitrogens with two attached hydrogens (primary N) is 1. The Morgan fingerprint density at radius 1 is 1.18 bits per heavy atom. The van der Waals surface area contributed by atoms with Crippen LogP contribution in [0, 0.1) is 17.6 Å². The maximum Gasteiger partial charge on any atom is 0.317 e. The number of benzene rings is 1. The average molecular weight is 395 g/mol. The van der Waals surface area contributed by atoms with E-state index in [1.54, 1.807) is 4.90 Å². The second-order valence-electron chi connectivity index (χ2n) is 7.62. The van der Waals surface area contributed by atoms with Crippen LogP contribution in [0.4, 0.5) is 13.6 Å². The van der Waals surface area contributed by atoms with E-state index >= 15 is 0 Å². The number of carbonyl (C=O) groups is 2. The Hall–Kier alpha value is -2.22. The van der Waals surface area contributed by atoms with Crippen molar-refractivity contribution < 1.29 is 23.1 Å². The maximum absolute atomic E-state index is 13.7. The van der Waals surface area contributed by atoms with Crippen LogP contribution in [-0.2, 0) is 16.0 Å². The number of hydrogen-bond acceptors (Lipinski definition) is 3. The number of amides is 3. The molecule has 2 aliphatic rings. The highest BCUT2D eigenvalue weighted by molar-refractivity contribution is 5.79. The van der Waals surface area contributed by atoms with Gasteiger partial charge in [0, 0.05) is 25.7 Å². The van der Waals surface area contributed by atoms with E-state index < -0.39 is 23.6 Å². The molecular weight excluding hydrogens is 368 g/mol. The van der Waals surface area contributed by atoms with Crippen LogP contribution in [0.5, 0.6) is 0 Å². The molecule has 2 atom stereocenters. The topological polar surface area (TPSA) is 84.7 Å². The van der Waals surface area contributed by atoms with Gasteiger partial charge in [0.25, 0.3) is 0 Å². The molecule has 2 heterocycles. The number of nitrogens with one attached hydrogen (secondary N) is 1. The van der Waals surface area contributed by atoms with E-state index in [1.165, 1.54) is 12.1 Å². The van der Waals surface area contributed by atoms with E-state index in [2.05, 4.69) is 5.32 Å². The van der Waals surface area contributed by atoms with Crippen molar-refractivity contribution in [3.63, 3.8) is 0 Å². The SMILES string of the molecule is NC(=O)C1CCC(CNC(=O)N2CCC(CCc3ccc(F)cc3F)CC2)O1. The highest BCUT2D eigenvalue weighted by Gasteiger charge is 2.30. The first kappa shape index (κ1) is 20.5. The summed E-state index contributed by atoms with van der Waals surface area (Å²) in [5, 5.41) is 2.86. The number of likely N-dealkylation sites (tertiary alicyclic amines) is 1. The maximum atomic E-state index is 13.7. The molecule has 2 saturated heterocycles. The van der Waals surface area contributed by atoms with E-state index in [0.29, 0.717) is 50.4 Å². The van der Waals surface area contributed by atoms with E-state index in [4.69, 9.17) is 10.5 Å². The molecule has 6 nitrogen and oxygen atoms in total. The predicted octanol–water partition coefficient (Wildman–Crippen LogP) is 2.35. The lowest BCUT2D eigenvalue weighted by molar-refractivity contribution is -0.128. The van der Waals surface area contributed by atoms with Crippen molar-refractivity contribution >= 4 is 11.9 Å². The van der Waals surface area contributed by atoms with Crippen LogP contribution in [0.1, 0.15) is 37.7 Å². The van der Waals surface area contributed by atoms with Crippen molar-refractivity contribution in [1.82, 2.24) is 10.2 Å². The molecule has 2 aliphatic heterocycles. The number of carbonyl (C=O) groups excluding carboxylic acids is 2. The van der Waals surface area contributed by atoms with Crippen molar-refractivity contribution in [1.29, 1.82) is 0 Å². The van der Waals surface area contributed by atoms with Gasteiger partial charge in [0.05, 0.1) is 6.10 Å². The zero-order valence-corrected chi connectivity index (χ0v) is 15.8. The van der Waals surface area contributed by atoms with Crippen molar-refractivity contribution in [3.8, 4) is 0 Å². The Kier molecular flexibility index (Phi) is 6.83. The lowest BCUT2D eigenvalue weighted by atomic mass is 9.90. The van der Waals surface area contributed by atoms with E-state index in [1.807, 2.05) is 0 Å². The molecule has 0 saturated carbocycles. The molecule has 0 radical (unpaired) electrons. The molecule has 3 amide bonds. The second-order valence-corrected chi connectivity index (χ2v) is 7.62. The van der Waals surface area contributed by atoms with Gasteiger partial charge in [-0.1, -0.05) is 6.07 Å². The van der Waals surface area contributed by atoms with Gasteiger partial charge in [-0.05, 0) is 56.1 Å². The fraction of sp³-hybridized carbons (Fsp3) is 0.600. The third-order valence-electron chi connectivity index (χ3n) is 5.64. The summed E-state index contributed by atoms with van der Waals surface area (Å²) in [5.74, 6) is -1.10. The lowest BCUT2D eigenvalue weighted by Gasteiger charge is -2.32. The van der Waals surface area contributed by atoms with Gasteiger partial charge in [-0.3, -0.25) is 4.79 Å². The van der Waals surface area contributed by atoms with Crippen molar-refractivity contribution in [2.75, 3.05) is 19.6 Å². The molecule has 0 aromatic heterocycles. The highest BCUT2D eigenvalue weighted by atomic mass is 19.1. The standard InChI is InChI=1S/C20H27F2N3O3/c21-15-4-3-14(17(22)11-15)2-1-13-7-9-25(10-8-13)20(27)24-12-16-5-6-18(28-16)19(23)26/h3-4,11,13,16,18H,1-2,5-10,12H2,(H2,23,26)(H,24,27). The number of piperidine rings is 1. The van der Waals surface area contributed by atoms with Crippen molar-refractivity contribution in [3.05, 3.63) is 35.4 Å². The molecule has 2 fully saturated rings. The molecule has 3 N–H and O–H groups in total. The zero-order valence-electron chi connectivity index (χ0n) is 15.8. The van der Waals surface area contributed by atoms with E-state index in [0.717, 1.165) is 25.3 Å². The Balaban J connectivity index is 1.35. The Bertz CT molecular complexity index is 708. The molecular formula is C20H27F2N3O3. The number of nitrogens with zero attached hydrogens (tertiary/aromatic N) is 1. The van der Waals surface area contributed by atoms with E-state index in [-0.39, 0.29) is 12.1 Å². The third-order valence-corrected chi connectivity index (χ3v) is 5.64. The van der Waals surface area contributed by atoms with Crippen molar-refractivity contribution in [2.45, 2.75) is 50.7 Å². The Morgan fingerprint density at radius 3 is 2.57 bits per heavy atom. The minimum atomic E-state index is -0.561. The number of hydrogen-bond donors (Lipinski definition) is 2. The number of urea groups is 1. The van der Waals surface area contributed by atoms with Gasteiger partial charge in [-0.25, -0.2) is 13.6 Å². The van der Waals surface area contributed by atoms with Gasteiger partial charge in [-0.15, -0.1) is 0 Å². The molecule has 0 aliphatic carbocycles. The summed E-state index contributed by atoms with van der Waals surface area (Å²) in [6.45, 7) is 1.67. The molecule has 1 aromatic carbocycles. The minimum Gasteiger partial charge on any atom is -0.367 e. The molecule has 0 spiro atoms. The molecule has 8 heteroatoms. The van der Waals surface area contributed by atoms with Gasteiger partial charge >= 0.3 is 6.03 Å². The Morgan fingerprint density at radius 2 is 1.93 bits per heavy atom. The second kappa shape index (κ2) is 9.32.